The number of primary amides is 1. The van der Waals surface area contributed by atoms with Gasteiger partial charge in [0.05, 0.1) is 17.4 Å². The number of anilines is 1. The van der Waals surface area contributed by atoms with E-state index in [0.29, 0.717) is 0 Å². The Kier molecular flexibility index (Phi) is 3.79. The van der Waals surface area contributed by atoms with Crippen LogP contribution in [-0.4, -0.2) is 15.7 Å². The summed E-state index contributed by atoms with van der Waals surface area (Å²) in [6, 6.07) is 8.84. The Morgan fingerprint density at radius 2 is 1.95 bits per heavy atom. The van der Waals surface area contributed by atoms with E-state index in [2.05, 4.69) is 31.2 Å². The molecule has 1 amide bonds. The van der Waals surface area contributed by atoms with Crippen LogP contribution in [0.15, 0.2) is 42.7 Å². The number of aromatic nitrogens is 2. The third kappa shape index (κ3) is 3.17. The highest BCUT2D eigenvalue weighted by Gasteiger charge is 2.19. The second kappa shape index (κ2) is 5.36. The highest BCUT2D eigenvalue weighted by molar-refractivity contribution is 5.84. The standard InChI is InChI=1S/C15H20N4O/c1-15(2,3)19-10-12(9-17-19)18-13(14(16)20)11-7-5-4-6-8-11/h4-10,13,18H,1-3H3,(H2,16,20). The van der Waals surface area contributed by atoms with Gasteiger partial charge in [0.15, 0.2) is 0 Å². The van der Waals surface area contributed by atoms with Gasteiger partial charge in [-0.15, -0.1) is 0 Å². The zero-order chi connectivity index (χ0) is 14.8. The number of amides is 1. The topological polar surface area (TPSA) is 72.9 Å². The van der Waals surface area contributed by atoms with Crippen LogP contribution < -0.4 is 11.1 Å². The lowest BCUT2D eigenvalue weighted by Gasteiger charge is -2.19. The molecule has 1 aromatic heterocycles. The SMILES string of the molecule is CC(C)(C)n1cc(NC(C(N)=O)c2ccccc2)cn1. The first-order valence-corrected chi connectivity index (χ1v) is 6.54. The highest BCUT2D eigenvalue weighted by Crippen LogP contribution is 2.21. The summed E-state index contributed by atoms with van der Waals surface area (Å²) in [6.45, 7) is 6.19. The molecular formula is C15H20N4O. The van der Waals surface area contributed by atoms with Crippen LogP contribution >= 0.6 is 0 Å². The Bertz CT molecular complexity index is 583. The predicted octanol–water partition coefficient (Wildman–Crippen LogP) is 2.28. The largest absolute Gasteiger partial charge is 0.368 e. The van der Waals surface area contributed by atoms with Crippen LogP contribution in [-0.2, 0) is 10.3 Å². The molecule has 2 aromatic rings. The summed E-state index contributed by atoms with van der Waals surface area (Å²) in [6.07, 6.45) is 3.57. The fourth-order valence-electron chi connectivity index (χ4n) is 1.90. The monoisotopic (exact) mass is 272 g/mol. The fraction of sp³-hybridized carbons (Fsp3) is 0.333. The maximum absolute atomic E-state index is 11.6. The first-order valence-electron chi connectivity index (χ1n) is 6.54. The first kappa shape index (κ1) is 14.1. The van der Waals surface area contributed by atoms with E-state index in [1.165, 1.54) is 0 Å². The number of nitrogens with two attached hydrogens (primary N) is 1. The van der Waals surface area contributed by atoms with Crippen molar-refractivity contribution < 1.29 is 4.79 Å². The molecule has 3 N–H and O–H groups in total. The second-order valence-corrected chi connectivity index (χ2v) is 5.73. The average Bonchev–Trinajstić information content (AvgIpc) is 2.85. The third-order valence-corrected chi connectivity index (χ3v) is 3.00. The molecule has 20 heavy (non-hydrogen) atoms. The smallest absolute Gasteiger partial charge is 0.244 e. The van der Waals surface area contributed by atoms with Crippen molar-refractivity contribution in [3.63, 3.8) is 0 Å². The number of carbonyl (C=O) groups is 1. The number of carbonyl (C=O) groups excluding carboxylic acids is 1. The molecule has 5 nitrogen and oxygen atoms in total. The molecule has 1 unspecified atom stereocenters. The minimum Gasteiger partial charge on any atom is -0.368 e. The van der Waals surface area contributed by atoms with E-state index in [1.807, 2.05) is 41.2 Å². The lowest BCUT2D eigenvalue weighted by atomic mass is 10.1. The molecule has 2 rings (SSSR count). The van der Waals surface area contributed by atoms with E-state index in [4.69, 9.17) is 5.73 Å². The summed E-state index contributed by atoms with van der Waals surface area (Å²) in [5.74, 6) is -0.417. The molecule has 0 aliphatic carbocycles. The predicted molar refractivity (Wildman–Crippen MR) is 79.2 cm³/mol. The van der Waals surface area contributed by atoms with Gasteiger partial charge < -0.3 is 11.1 Å². The molecule has 5 heteroatoms. The third-order valence-electron chi connectivity index (χ3n) is 3.00. The number of hydrogen-bond acceptors (Lipinski definition) is 3. The summed E-state index contributed by atoms with van der Waals surface area (Å²) < 4.78 is 1.85. The van der Waals surface area contributed by atoms with E-state index in [-0.39, 0.29) is 5.54 Å². The van der Waals surface area contributed by atoms with Crippen molar-refractivity contribution in [3.8, 4) is 0 Å². The van der Waals surface area contributed by atoms with Crippen molar-refractivity contribution >= 4 is 11.6 Å². The summed E-state index contributed by atoms with van der Waals surface area (Å²) in [5.41, 5.74) is 6.99. The molecule has 106 valence electrons. The van der Waals surface area contributed by atoms with Crippen molar-refractivity contribution in [2.45, 2.75) is 32.4 Å². The summed E-state index contributed by atoms with van der Waals surface area (Å²) in [4.78, 5) is 11.6. The highest BCUT2D eigenvalue weighted by atomic mass is 16.1. The molecule has 1 aromatic carbocycles. The normalized spacial score (nSPS) is 12.9. The Balaban J connectivity index is 2.22. The lowest BCUT2D eigenvalue weighted by Crippen LogP contribution is -2.27. The molecule has 0 fully saturated rings. The van der Waals surface area contributed by atoms with Crippen LogP contribution in [0.4, 0.5) is 5.69 Å². The number of hydrogen-bond donors (Lipinski definition) is 2. The molecule has 0 aliphatic rings. The maximum Gasteiger partial charge on any atom is 0.244 e. The van der Waals surface area contributed by atoms with Gasteiger partial charge >= 0.3 is 0 Å². The molecule has 0 bridgehead atoms. The minimum absolute atomic E-state index is 0.102. The van der Waals surface area contributed by atoms with Gasteiger partial charge in [-0.2, -0.15) is 5.10 Å². The van der Waals surface area contributed by atoms with Gasteiger partial charge in [-0.05, 0) is 26.3 Å². The molecular weight excluding hydrogens is 252 g/mol. The van der Waals surface area contributed by atoms with Gasteiger partial charge in [0.2, 0.25) is 5.91 Å². The van der Waals surface area contributed by atoms with Gasteiger partial charge in [-0.3, -0.25) is 9.48 Å². The molecule has 0 spiro atoms. The molecule has 0 radical (unpaired) electrons. The molecule has 0 aliphatic heterocycles. The zero-order valence-electron chi connectivity index (χ0n) is 12.0. The zero-order valence-corrected chi connectivity index (χ0v) is 12.0. The average molecular weight is 272 g/mol. The Morgan fingerprint density at radius 3 is 2.45 bits per heavy atom. The maximum atomic E-state index is 11.6. The van der Waals surface area contributed by atoms with Crippen molar-refractivity contribution in [1.82, 2.24) is 9.78 Å². The van der Waals surface area contributed by atoms with Gasteiger partial charge in [-0.25, -0.2) is 0 Å². The van der Waals surface area contributed by atoms with Gasteiger partial charge in [0.1, 0.15) is 6.04 Å². The number of rotatable bonds is 4. The fourth-order valence-corrected chi connectivity index (χ4v) is 1.90. The Hall–Kier alpha value is -2.30. The Labute approximate surface area is 118 Å². The van der Waals surface area contributed by atoms with E-state index in [9.17, 15) is 4.79 Å². The quantitative estimate of drug-likeness (QED) is 0.896. The van der Waals surface area contributed by atoms with E-state index in [1.54, 1.807) is 6.20 Å². The van der Waals surface area contributed by atoms with Gasteiger partial charge in [0.25, 0.3) is 0 Å². The minimum atomic E-state index is -0.561. The molecule has 0 saturated carbocycles. The van der Waals surface area contributed by atoms with Crippen LogP contribution in [0.25, 0.3) is 0 Å². The second-order valence-electron chi connectivity index (χ2n) is 5.73. The summed E-state index contributed by atoms with van der Waals surface area (Å²) >= 11 is 0. The van der Waals surface area contributed by atoms with Gasteiger partial charge in [-0.1, -0.05) is 30.3 Å². The first-order chi connectivity index (χ1) is 9.38. The number of benzene rings is 1. The van der Waals surface area contributed by atoms with Gasteiger partial charge in [0, 0.05) is 6.20 Å². The van der Waals surface area contributed by atoms with Crippen molar-refractivity contribution in [2.75, 3.05) is 5.32 Å². The molecule has 1 heterocycles. The van der Waals surface area contributed by atoms with E-state index < -0.39 is 11.9 Å². The molecule has 1 atom stereocenters. The van der Waals surface area contributed by atoms with Crippen molar-refractivity contribution in [3.05, 3.63) is 48.3 Å². The molecule has 0 saturated heterocycles. The Morgan fingerprint density at radius 1 is 1.30 bits per heavy atom. The summed E-state index contributed by atoms with van der Waals surface area (Å²) in [7, 11) is 0. The van der Waals surface area contributed by atoms with Crippen LogP contribution in [0, 0.1) is 0 Å². The van der Waals surface area contributed by atoms with Crippen LogP contribution in [0.1, 0.15) is 32.4 Å². The van der Waals surface area contributed by atoms with Crippen LogP contribution in [0.2, 0.25) is 0 Å². The number of nitrogens with zero attached hydrogens (tertiary/aromatic N) is 2. The van der Waals surface area contributed by atoms with Crippen LogP contribution in [0.3, 0.4) is 0 Å². The van der Waals surface area contributed by atoms with E-state index in [0.717, 1.165) is 11.3 Å². The van der Waals surface area contributed by atoms with Crippen molar-refractivity contribution in [2.24, 2.45) is 5.73 Å². The number of nitrogens with one attached hydrogen (secondary N) is 1. The van der Waals surface area contributed by atoms with Crippen LogP contribution in [0.5, 0.6) is 0 Å². The van der Waals surface area contributed by atoms with Crippen molar-refractivity contribution in [1.29, 1.82) is 0 Å². The summed E-state index contributed by atoms with van der Waals surface area (Å²) in [5, 5.41) is 7.42. The van der Waals surface area contributed by atoms with E-state index >= 15 is 0 Å². The lowest BCUT2D eigenvalue weighted by molar-refractivity contribution is -0.118.